The first kappa shape index (κ1) is 13.9. The van der Waals surface area contributed by atoms with Crippen LogP contribution < -0.4 is 0 Å². The van der Waals surface area contributed by atoms with Crippen molar-refractivity contribution < 1.29 is 5.11 Å². The molecule has 2 aromatic rings. The van der Waals surface area contributed by atoms with Crippen molar-refractivity contribution in [3.05, 3.63) is 47.0 Å². The summed E-state index contributed by atoms with van der Waals surface area (Å²) < 4.78 is 0. The summed E-state index contributed by atoms with van der Waals surface area (Å²) in [5, 5.41) is 13.7. The highest BCUT2D eigenvalue weighted by Crippen LogP contribution is 2.72. The number of fused-ring (bicyclic) bond motifs is 1. The molecule has 1 aliphatic rings. The molecule has 0 amide bonds. The highest BCUT2D eigenvalue weighted by atomic mass is 35.5. The van der Waals surface area contributed by atoms with Gasteiger partial charge in [-0.15, -0.1) is 0 Å². The van der Waals surface area contributed by atoms with Crippen LogP contribution in [-0.2, 0) is 0 Å². The van der Waals surface area contributed by atoms with Gasteiger partial charge in [0.15, 0.2) is 0 Å². The Balaban J connectivity index is 2.11. The van der Waals surface area contributed by atoms with Gasteiger partial charge in [-0.25, -0.2) is 0 Å². The highest BCUT2D eigenvalue weighted by molar-refractivity contribution is 6.35. The van der Waals surface area contributed by atoms with Crippen LogP contribution in [0.1, 0.15) is 39.4 Å². The summed E-state index contributed by atoms with van der Waals surface area (Å²) in [5.41, 5.74) is 1.31. The molecule has 3 rings (SSSR count). The minimum Gasteiger partial charge on any atom is -0.388 e. The molecule has 20 heavy (non-hydrogen) atoms. The van der Waals surface area contributed by atoms with Gasteiger partial charge in [-0.3, -0.25) is 0 Å². The molecule has 0 aliphatic heterocycles. The molecule has 106 valence electrons. The summed E-state index contributed by atoms with van der Waals surface area (Å²) >= 11 is 6.26. The quantitative estimate of drug-likeness (QED) is 0.804. The summed E-state index contributed by atoms with van der Waals surface area (Å²) in [6.07, 6.45) is -0.442. The van der Waals surface area contributed by atoms with Crippen LogP contribution in [0.3, 0.4) is 0 Å². The van der Waals surface area contributed by atoms with E-state index in [-0.39, 0.29) is 16.7 Å². The number of hydrogen-bond donors (Lipinski definition) is 1. The van der Waals surface area contributed by atoms with Crippen molar-refractivity contribution in [3.63, 3.8) is 0 Å². The van der Waals surface area contributed by atoms with Crippen molar-refractivity contribution >= 4 is 22.4 Å². The van der Waals surface area contributed by atoms with Crippen LogP contribution in [0, 0.1) is 16.7 Å². The van der Waals surface area contributed by atoms with Gasteiger partial charge < -0.3 is 5.11 Å². The largest absolute Gasteiger partial charge is 0.388 e. The topological polar surface area (TPSA) is 20.2 Å². The van der Waals surface area contributed by atoms with Crippen molar-refractivity contribution in [2.75, 3.05) is 0 Å². The van der Waals surface area contributed by atoms with Crippen LogP contribution in [-0.4, -0.2) is 5.11 Å². The Labute approximate surface area is 125 Å². The second-order valence-corrected chi connectivity index (χ2v) is 7.46. The molecule has 1 N–H and O–H groups in total. The normalized spacial score (nSPS) is 21.9. The van der Waals surface area contributed by atoms with E-state index in [4.69, 9.17) is 11.6 Å². The predicted molar refractivity (Wildman–Crippen MR) is 85.0 cm³/mol. The second kappa shape index (κ2) is 4.22. The molecule has 1 fully saturated rings. The van der Waals surface area contributed by atoms with Crippen molar-refractivity contribution in [2.24, 2.45) is 16.7 Å². The average Bonchev–Trinajstić information content (AvgIpc) is 2.80. The smallest absolute Gasteiger partial charge is 0.0834 e. The maximum Gasteiger partial charge on any atom is 0.0834 e. The first-order chi connectivity index (χ1) is 9.28. The highest BCUT2D eigenvalue weighted by Gasteiger charge is 2.67. The third-order valence-corrected chi connectivity index (χ3v) is 6.00. The Kier molecular flexibility index (Phi) is 2.94. The summed E-state index contributed by atoms with van der Waals surface area (Å²) in [6, 6.07) is 11.9. The molecule has 0 spiro atoms. The molecule has 1 saturated carbocycles. The van der Waals surface area contributed by atoms with Crippen LogP contribution in [0.5, 0.6) is 0 Å². The van der Waals surface area contributed by atoms with E-state index in [1.54, 1.807) is 0 Å². The SMILES string of the molecule is CC1(C)C(C(O)c2ccc(Cl)c3ccccc23)C1(C)C. The molecule has 0 bridgehead atoms. The lowest BCUT2D eigenvalue weighted by molar-refractivity contribution is 0.132. The van der Waals surface area contributed by atoms with E-state index in [1.807, 2.05) is 36.4 Å². The zero-order valence-electron chi connectivity index (χ0n) is 12.4. The molecular formula is C18H21ClO. The van der Waals surface area contributed by atoms with Crippen LogP contribution in [0.4, 0.5) is 0 Å². The fourth-order valence-corrected chi connectivity index (χ4v) is 3.99. The number of aliphatic hydroxyl groups is 1. The van der Waals surface area contributed by atoms with Crippen molar-refractivity contribution in [2.45, 2.75) is 33.8 Å². The molecule has 0 aromatic heterocycles. The number of halogens is 1. The monoisotopic (exact) mass is 288 g/mol. The summed E-state index contributed by atoms with van der Waals surface area (Å²) in [7, 11) is 0. The van der Waals surface area contributed by atoms with Gasteiger partial charge in [0.1, 0.15) is 0 Å². The van der Waals surface area contributed by atoms with Crippen molar-refractivity contribution in [1.82, 2.24) is 0 Å². The maximum absolute atomic E-state index is 10.9. The fraction of sp³-hybridized carbons (Fsp3) is 0.444. The molecular weight excluding hydrogens is 268 g/mol. The minimum atomic E-state index is -0.442. The van der Waals surface area contributed by atoms with Gasteiger partial charge >= 0.3 is 0 Å². The summed E-state index contributed by atoms with van der Waals surface area (Å²) in [4.78, 5) is 0. The van der Waals surface area contributed by atoms with E-state index in [0.29, 0.717) is 0 Å². The van der Waals surface area contributed by atoms with Gasteiger partial charge in [0.2, 0.25) is 0 Å². The van der Waals surface area contributed by atoms with E-state index in [0.717, 1.165) is 21.4 Å². The molecule has 0 heterocycles. The molecule has 1 atom stereocenters. The molecule has 0 radical (unpaired) electrons. The van der Waals surface area contributed by atoms with Gasteiger partial charge in [-0.2, -0.15) is 0 Å². The molecule has 2 aromatic carbocycles. The van der Waals surface area contributed by atoms with E-state index in [2.05, 4.69) is 27.7 Å². The maximum atomic E-state index is 10.9. The van der Waals surface area contributed by atoms with Gasteiger partial charge in [-0.1, -0.05) is 69.6 Å². The fourth-order valence-electron chi connectivity index (χ4n) is 3.76. The Bertz CT molecular complexity index is 658. The van der Waals surface area contributed by atoms with Crippen LogP contribution in [0.15, 0.2) is 36.4 Å². The van der Waals surface area contributed by atoms with E-state index < -0.39 is 6.10 Å². The number of aliphatic hydroxyl groups excluding tert-OH is 1. The predicted octanol–water partition coefficient (Wildman–Crippen LogP) is 5.21. The van der Waals surface area contributed by atoms with Gasteiger partial charge in [0, 0.05) is 16.3 Å². The van der Waals surface area contributed by atoms with Gasteiger partial charge in [0.25, 0.3) is 0 Å². The number of rotatable bonds is 2. The molecule has 2 heteroatoms. The summed E-state index contributed by atoms with van der Waals surface area (Å²) in [6.45, 7) is 8.94. The van der Waals surface area contributed by atoms with Crippen LogP contribution in [0.2, 0.25) is 5.02 Å². The molecule has 0 saturated heterocycles. The standard InChI is InChI=1S/C18H21ClO/c1-17(2)16(18(17,3)4)15(20)13-9-10-14(19)12-8-6-5-7-11(12)13/h5-10,15-16,20H,1-4H3. The first-order valence-corrected chi connectivity index (χ1v) is 7.51. The third-order valence-electron chi connectivity index (χ3n) is 5.67. The summed E-state index contributed by atoms with van der Waals surface area (Å²) in [5.74, 6) is 0.277. The first-order valence-electron chi connectivity index (χ1n) is 7.13. The zero-order chi connectivity index (χ0) is 14.7. The Morgan fingerprint density at radius 2 is 1.50 bits per heavy atom. The van der Waals surface area contributed by atoms with Crippen LogP contribution >= 0.6 is 11.6 Å². The van der Waals surface area contributed by atoms with E-state index in [1.165, 1.54) is 0 Å². The Hall–Kier alpha value is -1.05. The Morgan fingerprint density at radius 3 is 2.05 bits per heavy atom. The van der Waals surface area contributed by atoms with Crippen molar-refractivity contribution in [3.8, 4) is 0 Å². The number of benzene rings is 2. The molecule has 1 aliphatic carbocycles. The van der Waals surface area contributed by atoms with E-state index >= 15 is 0 Å². The molecule has 1 unspecified atom stereocenters. The lowest BCUT2D eigenvalue weighted by Crippen LogP contribution is -2.06. The number of hydrogen-bond acceptors (Lipinski definition) is 1. The van der Waals surface area contributed by atoms with E-state index in [9.17, 15) is 5.11 Å². The van der Waals surface area contributed by atoms with Gasteiger partial charge in [0.05, 0.1) is 6.10 Å². The Morgan fingerprint density at radius 1 is 0.950 bits per heavy atom. The zero-order valence-corrected chi connectivity index (χ0v) is 13.2. The lowest BCUT2D eigenvalue weighted by atomic mass is 9.94. The average molecular weight is 289 g/mol. The van der Waals surface area contributed by atoms with Crippen molar-refractivity contribution in [1.29, 1.82) is 0 Å². The lowest BCUT2D eigenvalue weighted by Gasteiger charge is -2.16. The minimum absolute atomic E-state index is 0.160. The van der Waals surface area contributed by atoms with Gasteiger partial charge in [-0.05, 0) is 27.8 Å². The van der Waals surface area contributed by atoms with Crippen LogP contribution in [0.25, 0.3) is 10.8 Å². The third kappa shape index (κ3) is 1.73. The second-order valence-electron chi connectivity index (χ2n) is 7.05. The molecule has 1 nitrogen and oxygen atoms in total.